The number of hydrogen-bond acceptors (Lipinski definition) is 3. The molecule has 2 aromatic rings. The lowest BCUT2D eigenvalue weighted by Gasteiger charge is -2.33. The molecule has 1 unspecified atom stereocenters. The van der Waals surface area contributed by atoms with Gasteiger partial charge in [-0.25, -0.2) is 4.39 Å². The summed E-state index contributed by atoms with van der Waals surface area (Å²) in [6.45, 7) is 3.88. The van der Waals surface area contributed by atoms with Crippen molar-refractivity contribution in [2.75, 3.05) is 31.1 Å². The maximum atomic E-state index is 13.7. The number of amides is 3. The van der Waals surface area contributed by atoms with Crippen LogP contribution in [-0.4, -0.2) is 48.8 Å². The Balaban J connectivity index is 1.25. The Labute approximate surface area is 200 Å². The highest BCUT2D eigenvalue weighted by molar-refractivity contribution is 6.00. The standard InChI is InChI=1S/C27H32FN3O3/c1-2-19-7-4-6-10-24(19)31-18-22(17-25(31)32)27(34)30-15-12-21(13-16-30)26(33)29-14-11-20-8-3-5-9-23(20)28/h3-10,21-22H,2,11-18H2,1H3,(H,29,33). The third kappa shape index (κ3) is 5.29. The highest BCUT2D eigenvalue weighted by atomic mass is 19.1. The second kappa shape index (κ2) is 10.8. The van der Waals surface area contributed by atoms with Crippen molar-refractivity contribution in [1.82, 2.24) is 10.2 Å². The van der Waals surface area contributed by atoms with Crippen molar-refractivity contribution in [3.05, 3.63) is 65.5 Å². The molecular formula is C27H32FN3O3. The molecule has 7 heteroatoms. The van der Waals surface area contributed by atoms with E-state index in [9.17, 15) is 18.8 Å². The zero-order chi connectivity index (χ0) is 24.1. The quantitative estimate of drug-likeness (QED) is 0.682. The molecule has 180 valence electrons. The predicted molar refractivity (Wildman–Crippen MR) is 129 cm³/mol. The van der Waals surface area contributed by atoms with Gasteiger partial charge in [0.2, 0.25) is 17.7 Å². The van der Waals surface area contributed by atoms with Gasteiger partial charge in [-0.3, -0.25) is 14.4 Å². The number of carbonyl (C=O) groups is 3. The van der Waals surface area contributed by atoms with Gasteiger partial charge in [-0.05, 0) is 48.9 Å². The third-order valence-electron chi connectivity index (χ3n) is 6.97. The van der Waals surface area contributed by atoms with Crippen molar-refractivity contribution in [1.29, 1.82) is 0 Å². The van der Waals surface area contributed by atoms with Crippen molar-refractivity contribution in [3.63, 3.8) is 0 Å². The van der Waals surface area contributed by atoms with Crippen molar-refractivity contribution < 1.29 is 18.8 Å². The zero-order valence-electron chi connectivity index (χ0n) is 19.6. The lowest BCUT2D eigenvalue weighted by atomic mass is 9.94. The molecule has 3 amide bonds. The van der Waals surface area contributed by atoms with Crippen LogP contribution in [-0.2, 0) is 27.2 Å². The van der Waals surface area contributed by atoms with Gasteiger partial charge in [-0.2, -0.15) is 0 Å². The van der Waals surface area contributed by atoms with E-state index in [0.717, 1.165) is 17.7 Å². The lowest BCUT2D eigenvalue weighted by Crippen LogP contribution is -2.45. The van der Waals surface area contributed by atoms with Crippen molar-refractivity contribution in [3.8, 4) is 0 Å². The van der Waals surface area contributed by atoms with Crippen molar-refractivity contribution in [2.24, 2.45) is 11.8 Å². The van der Waals surface area contributed by atoms with Gasteiger partial charge in [0, 0.05) is 44.2 Å². The smallest absolute Gasteiger partial charge is 0.228 e. The molecule has 2 aliphatic heterocycles. The molecule has 2 fully saturated rings. The molecule has 1 atom stereocenters. The van der Waals surface area contributed by atoms with Gasteiger partial charge in [0.1, 0.15) is 5.82 Å². The molecule has 34 heavy (non-hydrogen) atoms. The van der Waals surface area contributed by atoms with E-state index in [4.69, 9.17) is 0 Å². The molecule has 0 aromatic heterocycles. The van der Waals surface area contributed by atoms with Crippen LogP contribution in [0.5, 0.6) is 0 Å². The monoisotopic (exact) mass is 465 g/mol. The molecule has 2 saturated heterocycles. The van der Waals surface area contributed by atoms with Crippen LogP contribution in [0.25, 0.3) is 0 Å². The summed E-state index contributed by atoms with van der Waals surface area (Å²) in [5.41, 5.74) is 2.59. The second-order valence-corrected chi connectivity index (χ2v) is 9.12. The van der Waals surface area contributed by atoms with E-state index in [-0.39, 0.29) is 41.8 Å². The van der Waals surface area contributed by atoms with E-state index in [1.54, 1.807) is 28.0 Å². The normalized spacial score (nSPS) is 18.9. The summed E-state index contributed by atoms with van der Waals surface area (Å²) >= 11 is 0. The number of nitrogens with zero attached hydrogens (tertiary/aromatic N) is 2. The molecule has 0 radical (unpaired) electrons. The topological polar surface area (TPSA) is 69.7 Å². The molecular weight excluding hydrogens is 433 g/mol. The number of anilines is 1. The van der Waals surface area contributed by atoms with Gasteiger partial charge in [-0.1, -0.05) is 43.3 Å². The van der Waals surface area contributed by atoms with Crippen LogP contribution in [0.15, 0.2) is 48.5 Å². The van der Waals surface area contributed by atoms with E-state index in [1.165, 1.54) is 6.07 Å². The lowest BCUT2D eigenvalue weighted by molar-refractivity contribution is -0.139. The summed E-state index contributed by atoms with van der Waals surface area (Å²) in [6, 6.07) is 14.4. The number of rotatable bonds is 7. The Bertz CT molecular complexity index is 1050. The van der Waals surface area contributed by atoms with Crippen LogP contribution in [0.2, 0.25) is 0 Å². The van der Waals surface area contributed by atoms with Crippen LogP contribution in [0, 0.1) is 17.7 Å². The first-order valence-electron chi connectivity index (χ1n) is 12.2. The fourth-order valence-corrected chi connectivity index (χ4v) is 4.97. The Kier molecular flexibility index (Phi) is 7.60. The fourth-order valence-electron chi connectivity index (χ4n) is 4.97. The molecule has 2 aromatic carbocycles. The molecule has 2 heterocycles. The number of para-hydroxylation sites is 1. The molecule has 0 spiro atoms. The van der Waals surface area contributed by atoms with E-state index >= 15 is 0 Å². The van der Waals surface area contributed by atoms with E-state index in [1.807, 2.05) is 24.3 Å². The van der Waals surface area contributed by atoms with Crippen LogP contribution in [0.1, 0.15) is 37.3 Å². The van der Waals surface area contributed by atoms with Gasteiger partial charge in [-0.15, -0.1) is 0 Å². The van der Waals surface area contributed by atoms with Crippen molar-refractivity contribution in [2.45, 2.75) is 39.0 Å². The third-order valence-corrected chi connectivity index (χ3v) is 6.97. The summed E-state index contributed by atoms with van der Waals surface area (Å²) in [4.78, 5) is 41.9. The SMILES string of the molecule is CCc1ccccc1N1CC(C(=O)N2CCC(C(=O)NCCc3ccccc3F)CC2)CC1=O. The van der Waals surface area contributed by atoms with Crippen LogP contribution in [0.4, 0.5) is 10.1 Å². The fraction of sp³-hybridized carbons (Fsp3) is 0.444. The largest absolute Gasteiger partial charge is 0.356 e. The number of carbonyl (C=O) groups excluding carboxylic acids is 3. The summed E-state index contributed by atoms with van der Waals surface area (Å²) < 4.78 is 13.7. The van der Waals surface area contributed by atoms with Crippen molar-refractivity contribution >= 4 is 23.4 Å². The highest BCUT2D eigenvalue weighted by Crippen LogP contribution is 2.30. The first-order valence-corrected chi connectivity index (χ1v) is 12.2. The number of aryl methyl sites for hydroxylation is 1. The van der Waals surface area contributed by atoms with Crippen LogP contribution in [0.3, 0.4) is 0 Å². The molecule has 0 bridgehead atoms. The molecule has 0 aliphatic carbocycles. The van der Waals surface area contributed by atoms with E-state index in [2.05, 4.69) is 12.2 Å². The van der Waals surface area contributed by atoms with Crippen LogP contribution >= 0.6 is 0 Å². The summed E-state index contributed by atoms with van der Waals surface area (Å²) in [5.74, 6) is -0.800. The maximum Gasteiger partial charge on any atom is 0.228 e. The zero-order valence-corrected chi connectivity index (χ0v) is 19.6. The number of halogens is 1. The van der Waals surface area contributed by atoms with Gasteiger partial charge in [0.15, 0.2) is 0 Å². The molecule has 4 rings (SSSR count). The van der Waals surface area contributed by atoms with Crippen LogP contribution < -0.4 is 10.2 Å². The minimum Gasteiger partial charge on any atom is -0.356 e. The Morgan fingerprint density at radius 3 is 2.38 bits per heavy atom. The Morgan fingerprint density at radius 2 is 1.68 bits per heavy atom. The molecule has 1 N–H and O–H groups in total. The molecule has 2 aliphatic rings. The highest BCUT2D eigenvalue weighted by Gasteiger charge is 2.39. The second-order valence-electron chi connectivity index (χ2n) is 9.12. The minimum absolute atomic E-state index is 0.00300. The predicted octanol–water partition coefficient (Wildman–Crippen LogP) is 3.34. The number of piperidine rings is 1. The first-order chi connectivity index (χ1) is 16.5. The number of benzene rings is 2. The average Bonchev–Trinajstić information content (AvgIpc) is 3.26. The Hall–Kier alpha value is -3.22. The molecule has 0 saturated carbocycles. The average molecular weight is 466 g/mol. The number of hydrogen-bond donors (Lipinski definition) is 1. The maximum absolute atomic E-state index is 13.7. The molecule has 6 nitrogen and oxygen atoms in total. The summed E-state index contributed by atoms with van der Waals surface area (Å²) in [5, 5.41) is 2.91. The minimum atomic E-state index is -0.344. The van der Waals surface area contributed by atoms with E-state index < -0.39 is 0 Å². The van der Waals surface area contributed by atoms with Gasteiger partial charge in [0.25, 0.3) is 0 Å². The van der Waals surface area contributed by atoms with Gasteiger partial charge >= 0.3 is 0 Å². The van der Waals surface area contributed by atoms with Gasteiger partial charge in [0.05, 0.1) is 5.92 Å². The van der Waals surface area contributed by atoms with E-state index in [0.29, 0.717) is 51.0 Å². The number of nitrogens with one attached hydrogen (secondary N) is 1. The first kappa shape index (κ1) is 23.9. The Morgan fingerprint density at radius 1 is 1.00 bits per heavy atom. The summed E-state index contributed by atoms with van der Waals surface area (Å²) in [7, 11) is 0. The van der Waals surface area contributed by atoms with Gasteiger partial charge < -0.3 is 15.1 Å². The number of likely N-dealkylation sites (tertiary alicyclic amines) is 1. The summed E-state index contributed by atoms with van der Waals surface area (Å²) in [6.07, 6.45) is 2.70.